The average Bonchev–Trinajstić information content (AvgIpc) is 2.56. The lowest BCUT2D eigenvalue weighted by molar-refractivity contribution is 0.234. The second kappa shape index (κ2) is 7.47. The summed E-state index contributed by atoms with van der Waals surface area (Å²) in [5.41, 5.74) is 1.48. The van der Waals surface area contributed by atoms with Gasteiger partial charge in [0.25, 0.3) is 0 Å². The molecule has 0 atom stereocenters. The summed E-state index contributed by atoms with van der Waals surface area (Å²) in [5, 5.41) is 4.94. The van der Waals surface area contributed by atoms with Crippen LogP contribution in [0.5, 0.6) is 5.75 Å². The van der Waals surface area contributed by atoms with Crippen molar-refractivity contribution in [3.8, 4) is 5.75 Å². The third-order valence-corrected chi connectivity index (χ3v) is 4.67. The first kappa shape index (κ1) is 18.7. The zero-order chi connectivity index (χ0) is 18.6. The van der Waals surface area contributed by atoms with Gasteiger partial charge in [-0.3, -0.25) is 0 Å². The number of hydrogen-bond donors (Lipinski definition) is 2. The van der Waals surface area contributed by atoms with Gasteiger partial charge >= 0.3 is 11.8 Å². The molecule has 0 aliphatic carbocycles. The zero-order valence-electron chi connectivity index (χ0n) is 13.4. The van der Waals surface area contributed by atoms with Crippen LogP contribution >= 0.6 is 0 Å². The minimum Gasteiger partial charge on any atom is -0.495 e. The van der Waals surface area contributed by atoms with Gasteiger partial charge in [-0.25, -0.2) is 13.2 Å². The maximum atomic E-state index is 12.7. The Morgan fingerprint density at radius 1 is 1.08 bits per heavy atom. The number of aryl methyl sites for hydroxylation is 1. The highest BCUT2D eigenvalue weighted by atomic mass is 32.2. The van der Waals surface area contributed by atoms with E-state index in [1.165, 1.54) is 13.2 Å². The van der Waals surface area contributed by atoms with Gasteiger partial charge in [-0.05, 0) is 37.3 Å². The molecule has 9 heteroatoms. The number of methoxy groups -OCH3 is 1. The van der Waals surface area contributed by atoms with E-state index in [0.717, 1.165) is 17.7 Å². The number of ether oxygens (including phenoxy) is 1. The van der Waals surface area contributed by atoms with Gasteiger partial charge in [0.1, 0.15) is 5.75 Å². The molecule has 0 aliphatic rings. The lowest BCUT2D eigenvalue weighted by atomic mass is 10.2. The molecule has 25 heavy (non-hydrogen) atoms. The Kier molecular flexibility index (Phi) is 5.58. The molecule has 0 aromatic heterocycles. The lowest BCUT2D eigenvalue weighted by Crippen LogP contribution is -2.20. The van der Waals surface area contributed by atoms with Crippen molar-refractivity contribution in [3.05, 3.63) is 48.0 Å². The van der Waals surface area contributed by atoms with Gasteiger partial charge in [0.2, 0.25) is 9.84 Å². The maximum absolute atomic E-state index is 12.7. The van der Waals surface area contributed by atoms with Gasteiger partial charge < -0.3 is 15.4 Å². The average molecular weight is 370 g/mol. The van der Waals surface area contributed by atoms with E-state index in [1.54, 1.807) is 24.3 Å². The van der Waals surface area contributed by atoms with Crippen LogP contribution in [0.1, 0.15) is 5.56 Å². The van der Waals surface area contributed by atoms with Crippen molar-refractivity contribution < 1.29 is 26.7 Å². The number of rotatable bonds is 5. The molecule has 0 radical (unpaired) electrons. The summed E-state index contributed by atoms with van der Waals surface area (Å²) in [6, 6.07) is 9.40. The highest BCUT2D eigenvalue weighted by molar-refractivity contribution is 7.91. The Morgan fingerprint density at radius 3 is 2.28 bits per heavy atom. The van der Waals surface area contributed by atoms with Gasteiger partial charge in [0.05, 0.1) is 17.7 Å². The number of halogens is 2. The first-order valence-corrected chi connectivity index (χ1v) is 8.63. The molecule has 2 amide bonds. The fourth-order valence-electron chi connectivity index (χ4n) is 1.99. The minimum absolute atomic E-state index is 0.0474. The van der Waals surface area contributed by atoms with Gasteiger partial charge in [-0.15, -0.1) is 0 Å². The highest BCUT2D eigenvalue weighted by Crippen LogP contribution is 2.29. The molecule has 6 nitrogen and oxygen atoms in total. The molecule has 2 rings (SSSR count). The molecule has 2 aromatic carbocycles. The number of alkyl halides is 2. The van der Waals surface area contributed by atoms with E-state index in [9.17, 15) is 22.0 Å². The van der Waals surface area contributed by atoms with E-state index >= 15 is 0 Å². The van der Waals surface area contributed by atoms with Crippen LogP contribution in [0.4, 0.5) is 25.0 Å². The van der Waals surface area contributed by atoms with Crippen LogP contribution in [-0.4, -0.2) is 27.3 Å². The second-order valence-corrected chi connectivity index (χ2v) is 7.03. The Balaban J connectivity index is 2.25. The van der Waals surface area contributed by atoms with Crippen LogP contribution in [0.25, 0.3) is 0 Å². The quantitative estimate of drug-likeness (QED) is 0.841. The Labute approximate surface area is 143 Å². The van der Waals surface area contributed by atoms with E-state index in [-0.39, 0.29) is 11.4 Å². The summed E-state index contributed by atoms with van der Waals surface area (Å²) < 4.78 is 53.5. The van der Waals surface area contributed by atoms with Crippen molar-refractivity contribution in [2.75, 3.05) is 17.7 Å². The fourth-order valence-corrected chi connectivity index (χ4v) is 2.73. The second-order valence-electron chi connectivity index (χ2n) is 5.11. The zero-order valence-corrected chi connectivity index (χ0v) is 14.2. The summed E-state index contributed by atoms with van der Waals surface area (Å²) in [7, 11) is -3.48. The van der Waals surface area contributed by atoms with Crippen LogP contribution in [0.2, 0.25) is 0 Å². The van der Waals surface area contributed by atoms with E-state index in [1.807, 2.05) is 6.92 Å². The number of nitrogens with one attached hydrogen (secondary N) is 2. The Bertz CT molecular complexity index is 868. The van der Waals surface area contributed by atoms with Crippen molar-refractivity contribution in [1.82, 2.24) is 0 Å². The number of benzene rings is 2. The van der Waals surface area contributed by atoms with Crippen LogP contribution in [0.15, 0.2) is 47.4 Å². The molecule has 0 bridgehead atoms. The van der Waals surface area contributed by atoms with Crippen LogP contribution in [0.3, 0.4) is 0 Å². The van der Waals surface area contributed by atoms with Gasteiger partial charge in [-0.2, -0.15) is 8.78 Å². The number of hydrogen-bond acceptors (Lipinski definition) is 4. The number of carbonyl (C=O) groups is 1. The van der Waals surface area contributed by atoms with E-state index in [2.05, 4.69) is 10.6 Å². The lowest BCUT2D eigenvalue weighted by Gasteiger charge is -2.13. The summed E-state index contributed by atoms with van der Waals surface area (Å²) in [5.74, 6) is -3.43. The molecular formula is C16H16F2N2O4S. The van der Waals surface area contributed by atoms with E-state index in [4.69, 9.17) is 4.74 Å². The Morgan fingerprint density at radius 2 is 1.72 bits per heavy atom. The molecule has 0 unspecified atom stereocenters. The smallest absolute Gasteiger partial charge is 0.341 e. The number of sulfone groups is 1. The number of urea groups is 1. The number of anilines is 2. The first-order chi connectivity index (χ1) is 11.7. The molecule has 0 saturated carbocycles. The minimum atomic E-state index is -4.78. The third-order valence-electron chi connectivity index (χ3n) is 3.29. The maximum Gasteiger partial charge on any atom is 0.341 e. The molecule has 0 saturated heterocycles. The monoisotopic (exact) mass is 370 g/mol. The van der Waals surface area contributed by atoms with Crippen molar-refractivity contribution in [2.24, 2.45) is 0 Å². The van der Waals surface area contributed by atoms with Crippen molar-refractivity contribution in [2.45, 2.75) is 17.6 Å². The van der Waals surface area contributed by atoms with Crippen LogP contribution in [0, 0.1) is 6.92 Å². The molecular weight excluding hydrogens is 354 g/mol. The normalized spacial score (nSPS) is 11.2. The summed E-state index contributed by atoms with van der Waals surface area (Å²) in [4.78, 5) is 11.4. The van der Waals surface area contributed by atoms with Gasteiger partial charge in [0, 0.05) is 5.69 Å². The topological polar surface area (TPSA) is 84.5 Å². The summed E-state index contributed by atoms with van der Waals surface area (Å²) >= 11 is 0. The summed E-state index contributed by atoms with van der Waals surface area (Å²) in [6.45, 7) is 1.89. The van der Waals surface area contributed by atoms with Crippen molar-refractivity contribution in [1.29, 1.82) is 0 Å². The van der Waals surface area contributed by atoms with E-state index < -0.39 is 26.5 Å². The van der Waals surface area contributed by atoms with Crippen molar-refractivity contribution >= 4 is 27.2 Å². The summed E-state index contributed by atoms with van der Waals surface area (Å²) in [6.07, 6.45) is 0. The molecule has 0 aliphatic heterocycles. The number of amides is 2. The van der Waals surface area contributed by atoms with Crippen molar-refractivity contribution in [3.63, 3.8) is 0 Å². The molecule has 0 spiro atoms. The molecule has 0 fully saturated rings. The standard InChI is InChI=1S/C16H16F2N2O4S/c1-10-3-5-11(6-4-10)19-16(21)20-13-9-12(7-8-14(13)24-2)25(22,23)15(17)18/h3-9,15H,1-2H3,(H2,19,20,21). The highest BCUT2D eigenvalue weighted by Gasteiger charge is 2.27. The predicted octanol–water partition coefficient (Wildman–Crippen LogP) is 3.64. The molecule has 2 aromatic rings. The van der Waals surface area contributed by atoms with Gasteiger partial charge in [-0.1, -0.05) is 17.7 Å². The van der Waals surface area contributed by atoms with Crippen LogP contribution < -0.4 is 15.4 Å². The first-order valence-electron chi connectivity index (χ1n) is 7.09. The van der Waals surface area contributed by atoms with Crippen LogP contribution in [-0.2, 0) is 9.84 Å². The molecule has 134 valence electrons. The molecule has 2 N–H and O–H groups in total. The molecule has 0 heterocycles. The SMILES string of the molecule is COc1ccc(S(=O)(=O)C(F)F)cc1NC(=O)Nc1ccc(C)cc1. The fraction of sp³-hybridized carbons (Fsp3) is 0.188. The number of carbonyl (C=O) groups excluding carboxylic acids is 1. The largest absolute Gasteiger partial charge is 0.495 e. The Hall–Kier alpha value is -2.68. The predicted molar refractivity (Wildman–Crippen MR) is 90.0 cm³/mol. The van der Waals surface area contributed by atoms with E-state index in [0.29, 0.717) is 5.69 Å². The third kappa shape index (κ3) is 4.44. The van der Waals surface area contributed by atoms with Gasteiger partial charge in [0.15, 0.2) is 0 Å².